The van der Waals surface area contributed by atoms with Crippen molar-refractivity contribution < 1.29 is 18.7 Å². The second-order valence-electron chi connectivity index (χ2n) is 7.36. The van der Waals surface area contributed by atoms with Crippen molar-refractivity contribution in [3.8, 4) is 11.3 Å². The number of hydrogen-bond acceptors (Lipinski definition) is 6. The van der Waals surface area contributed by atoms with Crippen molar-refractivity contribution in [1.29, 1.82) is 0 Å². The van der Waals surface area contributed by atoms with Crippen molar-refractivity contribution in [2.45, 2.75) is 26.2 Å². The number of hydrogen-bond donors (Lipinski definition) is 2. The highest BCUT2D eigenvalue weighted by atomic mass is 35.5. The van der Waals surface area contributed by atoms with E-state index in [1.807, 2.05) is 0 Å². The first-order chi connectivity index (χ1) is 16.4. The number of fused-ring (bicyclic) bond motifs is 1. The fraction of sp³-hybridized carbons (Fsp3) is 0.208. The van der Waals surface area contributed by atoms with E-state index in [2.05, 4.69) is 10.6 Å². The molecule has 4 rings (SSSR count). The fourth-order valence-electron chi connectivity index (χ4n) is 3.64. The minimum Gasteiger partial charge on any atom is -0.462 e. The summed E-state index contributed by atoms with van der Waals surface area (Å²) >= 11 is 19.0. The van der Waals surface area contributed by atoms with Gasteiger partial charge in [0.05, 0.1) is 22.2 Å². The normalized spacial score (nSPS) is 12.6. The van der Waals surface area contributed by atoms with E-state index in [9.17, 15) is 9.59 Å². The van der Waals surface area contributed by atoms with E-state index >= 15 is 0 Å². The van der Waals surface area contributed by atoms with Gasteiger partial charge in [-0.2, -0.15) is 0 Å². The average Bonchev–Trinajstić information content (AvgIpc) is 3.50. The number of furan rings is 1. The van der Waals surface area contributed by atoms with Gasteiger partial charge in [-0.1, -0.05) is 29.3 Å². The third-order valence-electron chi connectivity index (χ3n) is 5.11. The minimum absolute atomic E-state index is 0.0889. The predicted octanol–water partition coefficient (Wildman–Crippen LogP) is 6.51. The molecule has 3 aromatic rings. The first kappa shape index (κ1) is 24.5. The van der Waals surface area contributed by atoms with E-state index in [4.69, 9.17) is 44.6 Å². The first-order valence-electron chi connectivity index (χ1n) is 10.5. The molecule has 0 radical (unpaired) electrons. The fourth-order valence-corrected chi connectivity index (χ4v) is 5.58. The van der Waals surface area contributed by atoms with Crippen LogP contribution in [0.2, 0.25) is 10.0 Å². The van der Waals surface area contributed by atoms with E-state index in [1.165, 1.54) is 23.5 Å². The van der Waals surface area contributed by atoms with E-state index in [1.54, 1.807) is 37.3 Å². The summed E-state index contributed by atoms with van der Waals surface area (Å²) in [6.45, 7) is 2.05. The Bertz CT molecular complexity index is 1300. The van der Waals surface area contributed by atoms with Crippen molar-refractivity contribution in [2.75, 3.05) is 11.9 Å². The van der Waals surface area contributed by atoms with Crippen LogP contribution in [0.25, 0.3) is 17.4 Å². The molecule has 0 bridgehead atoms. The van der Waals surface area contributed by atoms with Gasteiger partial charge in [-0.25, -0.2) is 4.79 Å². The van der Waals surface area contributed by atoms with Crippen LogP contribution in [-0.2, 0) is 22.4 Å². The number of nitrogens with one attached hydrogen (secondary N) is 2. The van der Waals surface area contributed by atoms with Crippen LogP contribution in [-0.4, -0.2) is 23.6 Å². The van der Waals surface area contributed by atoms with Crippen molar-refractivity contribution in [3.63, 3.8) is 0 Å². The Hall–Kier alpha value is -2.65. The van der Waals surface area contributed by atoms with Gasteiger partial charge in [0.2, 0.25) is 5.91 Å². The maximum Gasteiger partial charge on any atom is 0.341 e. The summed E-state index contributed by atoms with van der Waals surface area (Å²) in [4.78, 5) is 26.0. The molecule has 1 aliphatic rings. The molecule has 0 aliphatic heterocycles. The van der Waals surface area contributed by atoms with E-state index < -0.39 is 5.91 Å². The summed E-state index contributed by atoms with van der Waals surface area (Å²) in [7, 11) is 0. The van der Waals surface area contributed by atoms with Crippen LogP contribution in [0, 0.1) is 0 Å². The van der Waals surface area contributed by atoms with Crippen LogP contribution < -0.4 is 10.6 Å². The molecule has 1 amide bonds. The minimum atomic E-state index is -0.446. The Morgan fingerprint density at radius 1 is 1.24 bits per heavy atom. The number of esters is 1. The summed E-state index contributed by atoms with van der Waals surface area (Å²) in [5.74, 6) is 0.159. The number of ether oxygens (including phenoxy) is 1. The number of halogens is 2. The number of aryl methyl sites for hydroxylation is 1. The highest BCUT2D eigenvalue weighted by molar-refractivity contribution is 7.80. The first-order valence-corrected chi connectivity index (χ1v) is 12.5. The largest absolute Gasteiger partial charge is 0.462 e. The van der Waals surface area contributed by atoms with Crippen LogP contribution in [0.15, 0.2) is 40.8 Å². The van der Waals surface area contributed by atoms with Crippen LogP contribution >= 0.6 is 46.8 Å². The zero-order chi connectivity index (χ0) is 24.2. The van der Waals surface area contributed by atoms with Gasteiger partial charge in [-0.15, -0.1) is 11.3 Å². The van der Waals surface area contributed by atoms with Gasteiger partial charge in [0.25, 0.3) is 0 Å². The highest BCUT2D eigenvalue weighted by Gasteiger charge is 2.28. The summed E-state index contributed by atoms with van der Waals surface area (Å²) < 4.78 is 11.0. The summed E-state index contributed by atoms with van der Waals surface area (Å²) in [6, 6.07) is 8.72. The number of benzene rings is 1. The van der Waals surface area contributed by atoms with Gasteiger partial charge < -0.3 is 14.5 Å². The molecule has 6 nitrogen and oxygen atoms in total. The Balaban J connectivity index is 1.40. The second kappa shape index (κ2) is 10.7. The third-order valence-corrected chi connectivity index (χ3v) is 7.34. The van der Waals surface area contributed by atoms with Gasteiger partial charge in [0.15, 0.2) is 5.11 Å². The topological polar surface area (TPSA) is 80.6 Å². The lowest BCUT2D eigenvalue weighted by atomic mass is 10.1. The Kier molecular flexibility index (Phi) is 7.73. The molecule has 0 unspecified atom stereocenters. The van der Waals surface area contributed by atoms with Gasteiger partial charge >= 0.3 is 5.97 Å². The molecular formula is C24H20Cl2N2O4S2. The predicted molar refractivity (Wildman–Crippen MR) is 140 cm³/mol. The van der Waals surface area contributed by atoms with Crippen LogP contribution in [0.3, 0.4) is 0 Å². The summed E-state index contributed by atoms with van der Waals surface area (Å²) in [5.41, 5.74) is 2.17. The van der Waals surface area contributed by atoms with Crippen LogP contribution in [0.1, 0.15) is 39.9 Å². The molecule has 2 aromatic heterocycles. The molecule has 176 valence electrons. The smallest absolute Gasteiger partial charge is 0.341 e. The lowest BCUT2D eigenvalue weighted by molar-refractivity contribution is -0.115. The molecule has 34 heavy (non-hydrogen) atoms. The Morgan fingerprint density at radius 2 is 2.06 bits per heavy atom. The molecule has 2 N–H and O–H groups in total. The maximum absolute atomic E-state index is 12.5. The zero-order valence-corrected chi connectivity index (χ0v) is 21.2. The lowest BCUT2D eigenvalue weighted by Gasteiger charge is -2.09. The molecule has 0 atom stereocenters. The van der Waals surface area contributed by atoms with Gasteiger partial charge in [-0.05, 0) is 74.3 Å². The lowest BCUT2D eigenvalue weighted by Crippen LogP contribution is -2.33. The van der Waals surface area contributed by atoms with Gasteiger partial charge in [0.1, 0.15) is 16.5 Å². The molecular weight excluding hydrogens is 515 g/mol. The Morgan fingerprint density at radius 3 is 2.85 bits per heavy atom. The van der Waals surface area contributed by atoms with Gasteiger partial charge in [-0.3, -0.25) is 10.1 Å². The summed E-state index contributed by atoms with van der Waals surface area (Å²) in [5, 5.41) is 7.06. The maximum atomic E-state index is 12.5. The molecule has 0 saturated heterocycles. The number of amides is 1. The van der Waals surface area contributed by atoms with Crippen molar-refractivity contribution in [2.24, 2.45) is 0 Å². The number of carbonyl (C=O) groups is 2. The number of anilines is 1. The zero-order valence-electron chi connectivity index (χ0n) is 18.1. The monoisotopic (exact) mass is 534 g/mol. The van der Waals surface area contributed by atoms with Gasteiger partial charge in [0, 0.05) is 16.5 Å². The van der Waals surface area contributed by atoms with E-state index in [0.29, 0.717) is 37.7 Å². The molecule has 1 aliphatic carbocycles. The van der Waals surface area contributed by atoms with Crippen LogP contribution in [0.4, 0.5) is 5.00 Å². The molecule has 10 heteroatoms. The van der Waals surface area contributed by atoms with Crippen molar-refractivity contribution in [1.82, 2.24) is 5.32 Å². The number of carbonyl (C=O) groups excluding carboxylic acids is 2. The quantitative estimate of drug-likeness (QED) is 0.213. The van der Waals surface area contributed by atoms with E-state index in [0.717, 1.165) is 29.7 Å². The molecule has 2 heterocycles. The average molecular weight is 535 g/mol. The molecule has 0 fully saturated rings. The standard InChI is InChI=1S/C24H20Cl2N2O4S2/c1-2-31-23(30)20-15-6-4-8-18(15)34-22(20)28-24(33)27-19(29)12-10-13-9-11-17(32-13)14-5-3-7-16(25)21(14)26/h3,5,7,9-12H,2,4,6,8H2,1H3,(H2,27,28,29,33). The highest BCUT2D eigenvalue weighted by Crippen LogP contribution is 2.39. The summed E-state index contributed by atoms with van der Waals surface area (Å²) in [6.07, 6.45) is 5.58. The third kappa shape index (κ3) is 5.36. The number of thiophene rings is 1. The molecule has 0 saturated carbocycles. The SMILES string of the molecule is CCOC(=O)c1c(NC(=S)NC(=O)C=Cc2ccc(-c3cccc(Cl)c3Cl)o2)sc2c1CCC2. The van der Waals surface area contributed by atoms with E-state index in [-0.39, 0.29) is 17.7 Å². The number of thiocarbonyl (C=S) groups is 1. The number of rotatable bonds is 6. The Labute approximate surface area is 215 Å². The van der Waals surface area contributed by atoms with Crippen molar-refractivity contribution >= 4 is 74.8 Å². The second-order valence-corrected chi connectivity index (χ2v) is 9.66. The molecule has 0 spiro atoms. The molecule has 1 aromatic carbocycles. The van der Waals surface area contributed by atoms with Crippen LogP contribution in [0.5, 0.6) is 0 Å². The van der Waals surface area contributed by atoms with Crippen molar-refractivity contribution in [3.05, 3.63) is 68.2 Å².